The van der Waals surface area contributed by atoms with Gasteiger partial charge in [0.2, 0.25) is 0 Å². The Kier molecular flexibility index (Phi) is 12.3. The summed E-state index contributed by atoms with van der Waals surface area (Å²) < 4.78 is 5.35. The number of ether oxygens (including phenoxy) is 1. The molecule has 1 fully saturated rings. The molecule has 7 nitrogen and oxygen atoms in total. The minimum absolute atomic E-state index is 0. The molecular formula is C16H27Cl2IN6O. The van der Waals surface area contributed by atoms with E-state index < -0.39 is 0 Å². The predicted molar refractivity (Wildman–Crippen MR) is 119 cm³/mol. The number of hydrogen-bond donors (Lipinski definition) is 3. The molecule has 0 radical (unpaired) electrons. The number of guanidine groups is 1. The van der Waals surface area contributed by atoms with Crippen LogP contribution in [-0.2, 0) is 4.74 Å². The number of aliphatic imine (C=N–C) groups is 1. The highest BCUT2D eigenvalue weighted by atomic mass is 127. The van der Waals surface area contributed by atoms with Crippen LogP contribution in [0, 0.1) is 0 Å². The molecule has 2 rings (SSSR count). The van der Waals surface area contributed by atoms with Gasteiger partial charge in [-0.1, -0.05) is 23.2 Å². The van der Waals surface area contributed by atoms with Crippen LogP contribution >= 0.6 is 47.2 Å². The molecule has 1 aromatic heterocycles. The predicted octanol–water partition coefficient (Wildman–Crippen LogP) is 2.31. The van der Waals surface area contributed by atoms with Crippen molar-refractivity contribution >= 4 is 59.0 Å². The van der Waals surface area contributed by atoms with Crippen molar-refractivity contribution in [3.63, 3.8) is 0 Å². The van der Waals surface area contributed by atoms with E-state index in [-0.39, 0.29) is 24.0 Å². The summed E-state index contributed by atoms with van der Waals surface area (Å²) in [4.78, 5) is 11.1. The van der Waals surface area contributed by atoms with Gasteiger partial charge in [-0.25, -0.2) is 4.98 Å². The fourth-order valence-corrected chi connectivity index (χ4v) is 2.82. The maximum Gasteiger partial charge on any atom is 0.191 e. The number of nitrogens with one attached hydrogen (secondary N) is 3. The molecular weight excluding hydrogens is 490 g/mol. The minimum Gasteiger partial charge on any atom is -0.379 e. The molecule has 3 N–H and O–H groups in total. The molecule has 1 aliphatic rings. The first-order valence-corrected chi connectivity index (χ1v) is 9.32. The van der Waals surface area contributed by atoms with Crippen LogP contribution in [0.5, 0.6) is 0 Å². The van der Waals surface area contributed by atoms with Gasteiger partial charge in [-0.3, -0.25) is 9.89 Å². The highest BCUT2D eigenvalue weighted by molar-refractivity contribution is 14.0. The van der Waals surface area contributed by atoms with Crippen LogP contribution in [0.1, 0.15) is 6.92 Å². The largest absolute Gasteiger partial charge is 0.379 e. The van der Waals surface area contributed by atoms with E-state index >= 15 is 0 Å². The highest BCUT2D eigenvalue weighted by Gasteiger charge is 2.09. The number of halogens is 3. The molecule has 0 atom stereocenters. The molecule has 26 heavy (non-hydrogen) atoms. The van der Waals surface area contributed by atoms with E-state index in [4.69, 9.17) is 27.9 Å². The van der Waals surface area contributed by atoms with E-state index in [1.807, 2.05) is 0 Å². The van der Waals surface area contributed by atoms with Crippen molar-refractivity contribution in [1.29, 1.82) is 0 Å². The van der Waals surface area contributed by atoms with Gasteiger partial charge in [0.25, 0.3) is 0 Å². The van der Waals surface area contributed by atoms with E-state index in [2.05, 4.69) is 37.8 Å². The Morgan fingerprint density at radius 1 is 1.27 bits per heavy atom. The summed E-state index contributed by atoms with van der Waals surface area (Å²) in [6.45, 7) is 9.54. The van der Waals surface area contributed by atoms with Crippen LogP contribution in [-0.4, -0.2) is 74.9 Å². The Bertz CT molecular complexity index is 558. The molecule has 10 heteroatoms. The number of pyridine rings is 1. The summed E-state index contributed by atoms with van der Waals surface area (Å²) in [5, 5.41) is 10.8. The van der Waals surface area contributed by atoms with Crippen molar-refractivity contribution in [3.05, 3.63) is 22.3 Å². The zero-order valence-corrected chi connectivity index (χ0v) is 18.8. The van der Waals surface area contributed by atoms with Crippen LogP contribution in [0.3, 0.4) is 0 Å². The topological polar surface area (TPSA) is 73.8 Å². The lowest BCUT2D eigenvalue weighted by Crippen LogP contribution is -2.41. The molecule has 0 saturated carbocycles. The first kappa shape index (κ1) is 23.5. The zero-order valence-electron chi connectivity index (χ0n) is 14.9. The van der Waals surface area contributed by atoms with Gasteiger partial charge < -0.3 is 20.7 Å². The summed E-state index contributed by atoms with van der Waals surface area (Å²) in [6, 6.07) is 1.67. The molecule has 0 aliphatic carbocycles. The summed E-state index contributed by atoms with van der Waals surface area (Å²) in [6.07, 6.45) is 1.57. The first-order chi connectivity index (χ1) is 12.2. The molecule has 1 aliphatic heterocycles. The second-order valence-corrected chi connectivity index (χ2v) is 6.40. The average molecular weight is 517 g/mol. The molecule has 1 aromatic rings. The van der Waals surface area contributed by atoms with Gasteiger partial charge in [0.15, 0.2) is 5.96 Å². The van der Waals surface area contributed by atoms with E-state index in [1.165, 1.54) is 0 Å². The molecule has 148 valence electrons. The molecule has 2 heterocycles. The fraction of sp³-hybridized carbons (Fsp3) is 0.625. The molecule has 1 saturated heterocycles. The fourth-order valence-electron chi connectivity index (χ4n) is 2.38. The third-order valence-electron chi connectivity index (χ3n) is 3.65. The van der Waals surface area contributed by atoms with Crippen molar-refractivity contribution < 1.29 is 4.74 Å². The summed E-state index contributed by atoms with van der Waals surface area (Å²) in [7, 11) is 0. The van der Waals surface area contributed by atoms with Gasteiger partial charge in [0.05, 0.1) is 29.8 Å². The standard InChI is InChI=1S/C16H26Cl2N6O.HI/c1-2-19-16(22-5-6-24-7-9-25-10-8-24)21-4-3-20-15-14(18)11-13(17)12-23-15;/h11-12H,2-10H2,1H3,(H,20,23)(H2,19,21,22);1H. The first-order valence-electron chi connectivity index (χ1n) is 8.56. The van der Waals surface area contributed by atoms with Gasteiger partial charge in [0, 0.05) is 45.5 Å². The highest BCUT2D eigenvalue weighted by Crippen LogP contribution is 2.21. The van der Waals surface area contributed by atoms with Crippen LogP contribution in [0.15, 0.2) is 17.3 Å². The maximum absolute atomic E-state index is 6.08. The number of rotatable bonds is 8. The van der Waals surface area contributed by atoms with Gasteiger partial charge in [-0.15, -0.1) is 24.0 Å². The summed E-state index contributed by atoms with van der Waals surface area (Å²) >= 11 is 11.9. The zero-order chi connectivity index (χ0) is 17.9. The normalized spacial score (nSPS) is 15.3. The molecule has 0 unspecified atom stereocenters. The lowest BCUT2D eigenvalue weighted by Gasteiger charge is -2.25. The Morgan fingerprint density at radius 2 is 2.04 bits per heavy atom. The number of hydrogen-bond acceptors (Lipinski definition) is 5. The average Bonchev–Trinajstić information content (AvgIpc) is 2.61. The Balaban J connectivity index is 0.00000338. The van der Waals surface area contributed by atoms with Crippen LogP contribution in [0.4, 0.5) is 5.82 Å². The van der Waals surface area contributed by atoms with Crippen molar-refractivity contribution in [3.8, 4) is 0 Å². The lowest BCUT2D eigenvalue weighted by atomic mass is 10.4. The Hall–Kier alpha value is -0.550. The van der Waals surface area contributed by atoms with Crippen molar-refractivity contribution in [2.24, 2.45) is 4.99 Å². The molecule has 0 aromatic carbocycles. The molecule has 0 amide bonds. The van der Waals surface area contributed by atoms with E-state index in [0.717, 1.165) is 51.9 Å². The number of aromatic nitrogens is 1. The van der Waals surface area contributed by atoms with Crippen LogP contribution in [0.2, 0.25) is 10.0 Å². The molecule has 0 spiro atoms. The summed E-state index contributed by atoms with van der Waals surface area (Å²) in [5.41, 5.74) is 0. The number of morpholine rings is 1. The second kappa shape index (κ2) is 13.6. The van der Waals surface area contributed by atoms with Gasteiger partial charge in [0.1, 0.15) is 5.82 Å². The second-order valence-electron chi connectivity index (χ2n) is 5.55. The van der Waals surface area contributed by atoms with Gasteiger partial charge in [-0.2, -0.15) is 0 Å². The Morgan fingerprint density at radius 3 is 2.73 bits per heavy atom. The quantitative estimate of drug-likeness (QED) is 0.213. The van der Waals surface area contributed by atoms with Gasteiger partial charge >= 0.3 is 0 Å². The number of nitrogens with zero attached hydrogens (tertiary/aromatic N) is 3. The molecule has 0 bridgehead atoms. The third-order valence-corrected chi connectivity index (χ3v) is 4.15. The minimum atomic E-state index is 0. The van der Waals surface area contributed by atoms with Gasteiger partial charge in [-0.05, 0) is 13.0 Å². The lowest BCUT2D eigenvalue weighted by molar-refractivity contribution is 0.0394. The van der Waals surface area contributed by atoms with E-state index in [0.29, 0.717) is 29.0 Å². The smallest absolute Gasteiger partial charge is 0.191 e. The van der Waals surface area contributed by atoms with Crippen molar-refractivity contribution in [1.82, 2.24) is 20.5 Å². The van der Waals surface area contributed by atoms with Crippen molar-refractivity contribution in [2.75, 3.05) is 64.3 Å². The third kappa shape index (κ3) is 8.90. The maximum atomic E-state index is 6.08. The summed E-state index contributed by atoms with van der Waals surface area (Å²) in [5.74, 6) is 1.44. The monoisotopic (exact) mass is 516 g/mol. The van der Waals surface area contributed by atoms with Crippen LogP contribution in [0.25, 0.3) is 0 Å². The van der Waals surface area contributed by atoms with Crippen molar-refractivity contribution in [2.45, 2.75) is 6.92 Å². The Labute approximate surface area is 182 Å². The van der Waals surface area contributed by atoms with E-state index in [1.54, 1.807) is 12.3 Å². The number of anilines is 1. The van der Waals surface area contributed by atoms with Crippen LogP contribution < -0.4 is 16.0 Å². The van der Waals surface area contributed by atoms with E-state index in [9.17, 15) is 0 Å². The SMILES string of the molecule is CCNC(=NCCN1CCOCC1)NCCNc1ncc(Cl)cc1Cl.I.